The van der Waals surface area contributed by atoms with E-state index in [2.05, 4.69) is 12.1 Å². The lowest BCUT2D eigenvalue weighted by atomic mass is 10.2. The van der Waals surface area contributed by atoms with Crippen LogP contribution in [0.15, 0.2) is 60.7 Å². The quantitative estimate of drug-likeness (QED) is 0.787. The van der Waals surface area contributed by atoms with Crippen LogP contribution in [-0.4, -0.2) is 17.8 Å². The predicted molar refractivity (Wildman–Crippen MR) is 94.1 cm³/mol. The maximum absolute atomic E-state index is 11.8. The Kier molecular flexibility index (Phi) is 8.67. The van der Waals surface area contributed by atoms with E-state index in [1.807, 2.05) is 48.5 Å². The van der Waals surface area contributed by atoms with Crippen molar-refractivity contribution in [1.82, 2.24) is 0 Å². The van der Waals surface area contributed by atoms with E-state index in [-0.39, 0.29) is 25.0 Å². The molecule has 2 N–H and O–H groups in total. The number of esters is 1. The zero-order valence-electron chi connectivity index (χ0n) is 12.2. The van der Waals surface area contributed by atoms with E-state index in [1.165, 1.54) is 5.56 Å². The Bertz CT molecular complexity index is 551. The highest BCUT2D eigenvalue weighted by atomic mass is 35.5. The molecule has 2 aromatic carbocycles. The summed E-state index contributed by atoms with van der Waals surface area (Å²) in [5.74, 6) is 1.06. The molecule has 2 aromatic rings. The van der Waals surface area contributed by atoms with Crippen molar-refractivity contribution in [3.05, 3.63) is 71.8 Å². The molecule has 0 aliphatic rings. The summed E-state index contributed by atoms with van der Waals surface area (Å²) < 4.78 is 5.22. The van der Waals surface area contributed by atoms with E-state index in [0.29, 0.717) is 5.75 Å². The molecule has 0 fully saturated rings. The van der Waals surface area contributed by atoms with Gasteiger partial charge >= 0.3 is 5.97 Å². The fourth-order valence-corrected chi connectivity index (χ4v) is 2.72. The lowest BCUT2D eigenvalue weighted by molar-refractivity contribution is -0.145. The van der Waals surface area contributed by atoms with E-state index in [1.54, 1.807) is 11.8 Å². The lowest BCUT2D eigenvalue weighted by Crippen LogP contribution is -2.34. The minimum atomic E-state index is -0.581. The summed E-state index contributed by atoms with van der Waals surface area (Å²) in [6.45, 7) is 0.275. The molecular formula is C17H20ClNO2S. The number of rotatable bonds is 7. The number of carbonyl (C=O) groups excluding carboxylic acids is 1. The Morgan fingerprint density at radius 3 is 2.14 bits per heavy atom. The largest absolute Gasteiger partial charge is 0.460 e. The van der Waals surface area contributed by atoms with Crippen LogP contribution in [0.2, 0.25) is 0 Å². The fraction of sp³-hybridized carbons (Fsp3) is 0.235. The van der Waals surface area contributed by atoms with Crippen LogP contribution in [0.5, 0.6) is 0 Å². The Balaban J connectivity index is 0.00000242. The molecule has 2 rings (SSSR count). The van der Waals surface area contributed by atoms with Crippen LogP contribution in [-0.2, 0) is 21.9 Å². The third-order valence-electron chi connectivity index (χ3n) is 2.94. The summed E-state index contributed by atoms with van der Waals surface area (Å²) in [5.41, 5.74) is 8.05. The van der Waals surface area contributed by atoms with Crippen molar-refractivity contribution in [2.75, 3.05) is 5.75 Å². The van der Waals surface area contributed by atoms with Gasteiger partial charge in [0.15, 0.2) is 0 Å². The maximum atomic E-state index is 11.8. The first-order chi connectivity index (χ1) is 10.3. The molecule has 0 heterocycles. The SMILES string of the molecule is Cl.NC(CSCc1ccccc1)C(=O)OCc1ccccc1. The van der Waals surface area contributed by atoms with Crippen LogP contribution in [0.25, 0.3) is 0 Å². The van der Waals surface area contributed by atoms with E-state index >= 15 is 0 Å². The van der Waals surface area contributed by atoms with Gasteiger partial charge in [-0.25, -0.2) is 0 Å². The van der Waals surface area contributed by atoms with Crippen molar-refractivity contribution in [2.24, 2.45) is 5.73 Å². The second-order valence-corrected chi connectivity index (χ2v) is 5.73. The third-order valence-corrected chi connectivity index (χ3v) is 4.07. The molecule has 0 radical (unpaired) electrons. The van der Waals surface area contributed by atoms with Gasteiger partial charge in [0.25, 0.3) is 0 Å². The molecule has 0 aliphatic carbocycles. The number of nitrogens with two attached hydrogens (primary N) is 1. The fourth-order valence-electron chi connectivity index (χ4n) is 1.78. The van der Waals surface area contributed by atoms with E-state index in [0.717, 1.165) is 11.3 Å². The topological polar surface area (TPSA) is 52.3 Å². The second-order valence-electron chi connectivity index (χ2n) is 4.70. The van der Waals surface area contributed by atoms with Crippen LogP contribution >= 0.6 is 24.2 Å². The molecule has 0 spiro atoms. The number of hydrogen-bond donors (Lipinski definition) is 1. The molecule has 1 unspecified atom stereocenters. The molecule has 0 amide bonds. The number of ether oxygens (including phenoxy) is 1. The molecule has 0 saturated carbocycles. The number of carbonyl (C=O) groups is 1. The zero-order valence-corrected chi connectivity index (χ0v) is 13.8. The molecule has 5 heteroatoms. The smallest absolute Gasteiger partial charge is 0.324 e. The minimum Gasteiger partial charge on any atom is -0.460 e. The summed E-state index contributed by atoms with van der Waals surface area (Å²) in [6.07, 6.45) is 0. The average Bonchev–Trinajstić information content (AvgIpc) is 2.54. The van der Waals surface area contributed by atoms with Crippen molar-refractivity contribution >= 4 is 30.1 Å². The highest BCUT2D eigenvalue weighted by Gasteiger charge is 2.15. The first-order valence-electron chi connectivity index (χ1n) is 6.83. The van der Waals surface area contributed by atoms with E-state index in [9.17, 15) is 4.79 Å². The second kappa shape index (κ2) is 10.3. The number of benzene rings is 2. The minimum absolute atomic E-state index is 0. The first kappa shape index (κ1) is 18.6. The molecule has 0 aliphatic heterocycles. The van der Waals surface area contributed by atoms with Gasteiger partial charge in [0.2, 0.25) is 0 Å². The number of halogens is 1. The summed E-state index contributed by atoms with van der Waals surface area (Å²) in [6, 6.07) is 19.1. The molecule has 0 saturated heterocycles. The third kappa shape index (κ3) is 6.52. The van der Waals surface area contributed by atoms with Crippen molar-refractivity contribution < 1.29 is 9.53 Å². The van der Waals surface area contributed by atoms with Crippen LogP contribution in [0.1, 0.15) is 11.1 Å². The Hall–Kier alpha value is -1.49. The van der Waals surface area contributed by atoms with Gasteiger partial charge in [-0.2, -0.15) is 11.8 Å². The molecule has 118 valence electrons. The van der Waals surface area contributed by atoms with Gasteiger partial charge in [-0.05, 0) is 11.1 Å². The van der Waals surface area contributed by atoms with Gasteiger partial charge in [0.05, 0.1) is 0 Å². The maximum Gasteiger partial charge on any atom is 0.324 e. The zero-order chi connectivity index (χ0) is 14.9. The monoisotopic (exact) mass is 337 g/mol. The molecular weight excluding hydrogens is 318 g/mol. The predicted octanol–water partition coefficient (Wildman–Crippen LogP) is 3.41. The van der Waals surface area contributed by atoms with Crippen LogP contribution < -0.4 is 5.73 Å². The summed E-state index contributed by atoms with van der Waals surface area (Å²) in [5, 5.41) is 0. The first-order valence-corrected chi connectivity index (χ1v) is 7.99. The summed E-state index contributed by atoms with van der Waals surface area (Å²) in [7, 11) is 0. The molecule has 22 heavy (non-hydrogen) atoms. The van der Waals surface area contributed by atoms with Crippen molar-refractivity contribution in [1.29, 1.82) is 0 Å². The molecule has 0 aromatic heterocycles. The van der Waals surface area contributed by atoms with Crippen LogP contribution in [0, 0.1) is 0 Å². The average molecular weight is 338 g/mol. The van der Waals surface area contributed by atoms with Crippen molar-refractivity contribution in [2.45, 2.75) is 18.4 Å². The van der Waals surface area contributed by atoms with Crippen LogP contribution in [0.4, 0.5) is 0 Å². The van der Waals surface area contributed by atoms with Crippen molar-refractivity contribution in [3.63, 3.8) is 0 Å². The molecule has 0 bridgehead atoms. The van der Waals surface area contributed by atoms with Gasteiger partial charge in [-0.15, -0.1) is 12.4 Å². The van der Waals surface area contributed by atoms with E-state index in [4.69, 9.17) is 10.5 Å². The number of thioether (sulfide) groups is 1. The van der Waals surface area contributed by atoms with Crippen LogP contribution in [0.3, 0.4) is 0 Å². The lowest BCUT2D eigenvalue weighted by Gasteiger charge is -2.11. The standard InChI is InChI=1S/C17H19NO2S.ClH/c18-16(13-21-12-15-9-5-2-6-10-15)17(19)20-11-14-7-3-1-4-8-14;/h1-10,16H,11-13,18H2;1H. The Morgan fingerprint density at radius 2 is 1.55 bits per heavy atom. The molecule has 1 atom stereocenters. The molecule has 3 nitrogen and oxygen atoms in total. The summed E-state index contributed by atoms with van der Waals surface area (Å²) in [4.78, 5) is 11.8. The highest BCUT2D eigenvalue weighted by Crippen LogP contribution is 2.13. The van der Waals surface area contributed by atoms with Crippen molar-refractivity contribution in [3.8, 4) is 0 Å². The van der Waals surface area contributed by atoms with E-state index < -0.39 is 6.04 Å². The van der Waals surface area contributed by atoms with Gasteiger partial charge in [-0.3, -0.25) is 4.79 Å². The Labute approximate surface area is 141 Å². The van der Waals surface area contributed by atoms with Gasteiger partial charge < -0.3 is 10.5 Å². The van der Waals surface area contributed by atoms with Gasteiger partial charge in [0, 0.05) is 11.5 Å². The normalized spacial score (nSPS) is 11.3. The Morgan fingerprint density at radius 1 is 1.00 bits per heavy atom. The van der Waals surface area contributed by atoms with Gasteiger partial charge in [-0.1, -0.05) is 60.7 Å². The highest BCUT2D eigenvalue weighted by molar-refractivity contribution is 7.98. The number of hydrogen-bond acceptors (Lipinski definition) is 4. The van der Waals surface area contributed by atoms with Gasteiger partial charge in [0.1, 0.15) is 12.6 Å². The summed E-state index contributed by atoms with van der Waals surface area (Å²) >= 11 is 1.64.